The Kier molecular flexibility index (Phi) is 4.92. The summed E-state index contributed by atoms with van der Waals surface area (Å²) in [6.07, 6.45) is 0. The van der Waals surface area contributed by atoms with Crippen molar-refractivity contribution in [3.63, 3.8) is 0 Å². The van der Waals surface area contributed by atoms with Crippen LogP contribution in [0.3, 0.4) is 0 Å². The van der Waals surface area contributed by atoms with Gasteiger partial charge in [0.15, 0.2) is 0 Å². The Morgan fingerprint density at radius 2 is 2.00 bits per heavy atom. The van der Waals surface area contributed by atoms with Gasteiger partial charge >= 0.3 is 0 Å². The summed E-state index contributed by atoms with van der Waals surface area (Å²) < 4.78 is 36.3. The molecule has 106 valence electrons. The fourth-order valence-electron chi connectivity index (χ4n) is 1.44. The molecule has 7 heteroatoms. The molecule has 0 spiro atoms. The fraction of sp³-hybridized carbons (Fsp3) is 0.417. The minimum atomic E-state index is -4.09. The zero-order chi connectivity index (χ0) is 14.8. The lowest BCUT2D eigenvalue weighted by Gasteiger charge is -2.10. The molecule has 0 unspecified atom stereocenters. The molecule has 1 aromatic carbocycles. The zero-order valence-electron chi connectivity index (χ0n) is 10.8. The molecule has 0 aliphatic carbocycles. The van der Waals surface area contributed by atoms with E-state index in [9.17, 15) is 17.6 Å². The number of hydrogen-bond acceptors (Lipinski definition) is 3. The van der Waals surface area contributed by atoms with Crippen molar-refractivity contribution in [3.8, 4) is 0 Å². The van der Waals surface area contributed by atoms with Crippen molar-refractivity contribution >= 4 is 25.6 Å². The largest absolute Gasteiger partial charge is 0.352 e. The van der Waals surface area contributed by atoms with Gasteiger partial charge < -0.3 is 5.32 Å². The Morgan fingerprint density at radius 1 is 1.42 bits per heavy atom. The maximum Gasteiger partial charge on any atom is 0.261 e. The van der Waals surface area contributed by atoms with Crippen LogP contribution in [0.25, 0.3) is 0 Å². The Bertz CT molecular complexity index is 599. The molecule has 0 aliphatic rings. The molecular weight excluding hydrogens is 293 g/mol. The van der Waals surface area contributed by atoms with E-state index >= 15 is 0 Å². The molecule has 0 fully saturated rings. The second kappa shape index (κ2) is 5.88. The lowest BCUT2D eigenvalue weighted by atomic mass is 10.1. The van der Waals surface area contributed by atoms with E-state index in [-0.39, 0.29) is 21.9 Å². The van der Waals surface area contributed by atoms with E-state index < -0.39 is 20.8 Å². The van der Waals surface area contributed by atoms with Crippen LogP contribution in [0.5, 0.6) is 0 Å². The molecule has 4 nitrogen and oxygen atoms in total. The normalized spacial score (nSPS) is 11.7. The van der Waals surface area contributed by atoms with Crippen LogP contribution in [-0.4, -0.2) is 20.9 Å². The van der Waals surface area contributed by atoms with Gasteiger partial charge in [-0.05, 0) is 25.0 Å². The van der Waals surface area contributed by atoms with Crippen LogP contribution in [0.4, 0.5) is 4.39 Å². The predicted molar refractivity (Wildman–Crippen MR) is 71.3 cm³/mol. The van der Waals surface area contributed by atoms with Gasteiger partial charge in [0.2, 0.25) is 0 Å². The Morgan fingerprint density at radius 3 is 2.47 bits per heavy atom. The number of nitrogens with one attached hydrogen (secondary N) is 1. The SMILES string of the molecule is Cc1c(F)cc(C(=O)NCC(C)C)cc1S(=O)(=O)Cl. The Balaban J connectivity index is 3.18. The molecule has 0 saturated carbocycles. The molecule has 1 N–H and O–H groups in total. The molecule has 19 heavy (non-hydrogen) atoms. The third kappa shape index (κ3) is 4.18. The average molecular weight is 308 g/mol. The maximum atomic E-state index is 13.6. The minimum Gasteiger partial charge on any atom is -0.352 e. The molecular formula is C12H15ClFNO3S. The molecule has 0 aliphatic heterocycles. The summed E-state index contributed by atoms with van der Waals surface area (Å²) in [5, 5.41) is 2.58. The number of carbonyl (C=O) groups excluding carboxylic acids is 1. The fourth-order valence-corrected chi connectivity index (χ4v) is 2.65. The highest BCUT2D eigenvalue weighted by molar-refractivity contribution is 8.13. The molecule has 1 amide bonds. The molecule has 0 aromatic heterocycles. The van der Waals surface area contributed by atoms with E-state index in [1.807, 2.05) is 13.8 Å². The monoisotopic (exact) mass is 307 g/mol. The van der Waals surface area contributed by atoms with Gasteiger partial charge in [-0.25, -0.2) is 12.8 Å². The number of halogens is 2. The summed E-state index contributed by atoms with van der Waals surface area (Å²) in [5.74, 6) is -1.08. The Labute approximate surface area is 116 Å². The Hall–Kier alpha value is -1.14. The van der Waals surface area contributed by atoms with Crippen molar-refractivity contribution in [2.45, 2.75) is 25.7 Å². The van der Waals surface area contributed by atoms with E-state index in [0.29, 0.717) is 6.54 Å². The molecule has 1 aromatic rings. The second-order valence-corrected chi connectivity index (χ2v) is 7.16. The first-order valence-electron chi connectivity index (χ1n) is 5.66. The number of carbonyl (C=O) groups is 1. The molecule has 1 rings (SSSR count). The van der Waals surface area contributed by atoms with Crippen LogP contribution in [-0.2, 0) is 9.05 Å². The number of amides is 1. The van der Waals surface area contributed by atoms with Gasteiger partial charge in [-0.1, -0.05) is 13.8 Å². The van der Waals surface area contributed by atoms with Gasteiger partial charge in [0.1, 0.15) is 5.82 Å². The summed E-state index contributed by atoms with van der Waals surface area (Å²) in [6.45, 7) is 5.52. The first kappa shape index (κ1) is 15.9. The highest BCUT2D eigenvalue weighted by Gasteiger charge is 2.20. The average Bonchev–Trinajstić information content (AvgIpc) is 2.27. The van der Waals surface area contributed by atoms with E-state index in [1.54, 1.807) is 0 Å². The topological polar surface area (TPSA) is 63.2 Å². The molecule has 0 radical (unpaired) electrons. The summed E-state index contributed by atoms with van der Waals surface area (Å²) in [6, 6.07) is 2.08. The smallest absolute Gasteiger partial charge is 0.261 e. The van der Waals surface area contributed by atoms with Crippen LogP contribution < -0.4 is 5.32 Å². The van der Waals surface area contributed by atoms with E-state index in [2.05, 4.69) is 5.32 Å². The number of benzene rings is 1. The molecule has 0 atom stereocenters. The lowest BCUT2D eigenvalue weighted by molar-refractivity contribution is 0.0948. The van der Waals surface area contributed by atoms with Crippen molar-refractivity contribution in [1.82, 2.24) is 5.32 Å². The second-order valence-electron chi connectivity index (χ2n) is 4.62. The lowest BCUT2D eigenvalue weighted by Crippen LogP contribution is -2.27. The van der Waals surface area contributed by atoms with Crippen molar-refractivity contribution in [3.05, 3.63) is 29.1 Å². The summed E-state index contributed by atoms with van der Waals surface area (Å²) in [4.78, 5) is 11.4. The van der Waals surface area contributed by atoms with Gasteiger partial charge in [-0.2, -0.15) is 0 Å². The standard InChI is InChI=1S/C12H15ClFNO3S/c1-7(2)6-15-12(16)9-4-10(14)8(3)11(5-9)19(13,17)18/h4-5,7H,6H2,1-3H3,(H,15,16). The van der Waals surface area contributed by atoms with Crippen LogP contribution >= 0.6 is 10.7 Å². The molecule has 0 bridgehead atoms. The zero-order valence-corrected chi connectivity index (χ0v) is 12.4. The summed E-state index contributed by atoms with van der Waals surface area (Å²) in [5.41, 5.74) is -0.168. The van der Waals surface area contributed by atoms with Crippen LogP contribution in [0.2, 0.25) is 0 Å². The third-order valence-corrected chi connectivity index (χ3v) is 3.94. The van der Waals surface area contributed by atoms with Gasteiger partial charge in [0.25, 0.3) is 15.0 Å². The number of rotatable bonds is 4. The predicted octanol–water partition coefficient (Wildman–Crippen LogP) is 2.45. The summed E-state index contributed by atoms with van der Waals surface area (Å²) in [7, 11) is 1.12. The third-order valence-electron chi connectivity index (χ3n) is 2.49. The van der Waals surface area contributed by atoms with E-state index in [0.717, 1.165) is 12.1 Å². The van der Waals surface area contributed by atoms with Crippen LogP contribution in [0.15, 0.2) is 17.0 Å². The number of hydrogen-bond donors (Lipinski definition) is 1. The van der Waals surface area contributed by atoms with Gasteiger partial charge in [0.05, 0.1) is 4.90 Å². The maximum absolute atomic E-state index is 13.6. The van der Waals surface area contributed by atoms with Crippen molar-refractivity contribution < 1.29 is 17.6 Å². The van der Waals surface area contributed by atoms with Gasteiger partial charge in [-0.15, -0.1) is 0 Å². The highest BCUT2D eigenvalue weighted by Crippen LogP contribution is 2.23. The van der Waals surface area contributed by atoms with Crippen LogP contribution in [0, 0.1) is 18.7 Å². The first-order chi connectivity index (χ1) is 8.62. The van der Waals surface area contributed by atoms with E-state index in [4.69, 9.17) is 10.7 Å². The van der Waals surface area contributed by atoms with Gasteiger partial charge in [0, 0.05) is 28.4 Å². The van der Waals surface area contributed by atoms with Crippen molar-refractivity contribution in [1.29, 1.82) is 0 Å². The van der Waals surface area contributed by atoms with Crippen molar-refractivity contribution in [2.24, 2.45) is 5.92 Å². The van der Waals surface area contributed by atoms with Crippen LogP contribution in [0.1, 0.15) is 29.8 Å². The summed E-state index contributed by atoms with van der Waals surface area (Å²) >= 11 is 0. The van der Waals surface area contributed by atoms with E-state index in [1.165, 1.54) is 6.92 Å². The van der Waals surface area contributed by atoms with Crippen molar-refractivity contribution in [2.75, 3.05) is 6.54 Å². The highest BCUT2D eigenvalue weighted by atomic mass is 35.7. The minimum absolute atomic E-state index is 0.0667. The molecule has 0 heterocycles. The quantitative estimate of drug-likeness (QED) is 0.869. The first-order valence-corrected chi connectivity index (χ1v) is 7.97. The van der Waals surface area contributed by atoms with Gasteiger partial charge in [-0.3, -0.25) is 4.79 Å². The molecule has 0 saturated heterocycles.